The van der Waals surface area contributed by atoms with Gasteiger partial charge in [-0.05, 0) is 0 Å². The van der Waals surface area contributed by atoms with Gasteiger partial charge in [0.1, 0.15) is 42.7 Å². The van der Waals surface area contributed by atoms with E-state index in [2.05, 4.69) is 0 Å². The molecule has 2 saturated heterocycles. The van der Waals surface area contributed by atoms with Crippen molar-refractivity contribution >= 4 is 0 Å². The fourth-order valence-electron chi connectivity index (χ4n) is 2.25. The summed E-state index contributed by atoms with van der Waals surface area (Å²) < 4.78 is 15.1. The Balaban J connectivity index is 2.01. The van der Waals surface area contributed by atoms with E-state index >= 15 is 0 Å². The van der Waals surface area contributed by atoms with Crippen LogP contribution in [0, 0.1) is 0 Å². The van der Waals surface area contributed by atoms with E-state index in [-0.39, 0.29) is 6.61 Å². The maximum atomic E-state index is 9.78. The Morgan fingerprint density at radius 2 is 1.52 bits per heavy atom. The molecule has 2 aliphatic heterocycles. The second-order valence-corrected chi connectivity index (χ2v) is 5.08. The molecule has 0 unspecified atom stereocenters. The molecule has 124 valence electrons. The topological polar surface area (TPSA) is 169 Å². The van der Waals surface area contributed by atoms with Gasteiger partial charge in [-0.25, -0.2) is 0 Å². The summed E-state index contributed by atoms with van der Waals surface area (Å²) in [6.45, 7) is -0.899. The fourth-order valence-corrected chi connectivity index (χ4v) is 2.25. The summed E-state index contributed by atoms with van der Waals surface area (Å²) in [7, 11) is 0. The molecule has 0 amide bonds. The summed E-state index contributed by atoms with van der Waals surface area (Å²) in [5, 5.41) is 66.5. The predicted molar refractivity (Wildman–Crippen MR) is 62.6 cm³/mol. The van der Waals surface area contributed by atoms with Gasteiger partial charge in [0.2, 0.25) is 0 Å². The molecule has 9 atom stereocenters. The standard InChI is InChI=1S/C11H20O10/c12-1-3-5(13)7(15)9(17)11(20-3)21-4-2-19-10(18)8(16)6(4)14/h3-18H,1-2H2/t3-,4-,5-,6+,7+,8-,9-,10-,11+/m1/s1. The lowest BCUT2D eigenvalue weighted by Gasteiger charge is -2.43. The molecule has 2 aliphatic rings. The first-order chi connectivity index (χ1) is 9.86. The van der Waals surface area contributed by atoms with Crippen LogP contribution in [0.1, 0.15) is 0 Å². The van der Waals surface area contributed by atoms with Crippen molar-refractivity contribution in [1.29, 1.82) is 0 Å². The molecular weight excluding hydrogens is 292 g/mol. The van der Waals surface area contributed by atoms with Crippen molar-refractivity contribution < 1.29 is 50.0 Å². The van der Waals surface area contributed by atoms with Crippen molar-refractivity contribution in [3.8, 4) is 0 Å². The van der Waals surface area contributed by atoms with E-state index in [0.717, 1.165) is 0 Å². The minimum atomic E-state index is -1.63. The van der Waals surface area contributed by atoms with Crippen LogP contribution in [0.3, 0.4) is 0 Å². The third-order valence-corrected chi connectivity index (χ3v) is 3.61. The maximum absolute atomic E-state index is 9.78. The Morgan fingerprint density at radius 1 is 0.857 bits per heavy atom. The molecule has 0 saturated carbocycles. The molecule has 0 aliphatic carbocycles. The van der Waals surface area contributed by atoms with Gasteiger partial charge in [-0.3, -0.25) is 0 Å². The zero-order valence-electron chi connectivity index (χ0n) is 11.0. The summed E-state index contributed by atoms with van der Waals surface area (Å²) in [4.78, 5) is 0. The summed E-state index contributed by atoms with van der Waals surface area (Å²) >= 11 is 0. The van der Waals surface area contributed by atoms with Gasteiger partial charge in [-0.1, -0.05) is 0 Å². The van der Waals surface area contributed by atoms with Gasteiger partial charge in [0, 0.05) is 0 Å². The molecule has 0 spiro atoms. The summed E-state index contributed by atoms with van der Waals surface area (Å²) in [6, 6.07) is 0. The SMILES string of the molecule is OC[C@H]1O[C@@H](O[C@@H]2CO[C@@H](O)[C@H](O)[C@H]2O)[C@H](O)[C@@H](O)[C@@H]1O. The van der Waals surface area contributed by atoms with Crippen LogP contribution in [0.2, 0.25) is 0 Å². The van der Waals surface area contributed by atoms with Crippen molar-refractivity contribution in [3.05, 3.63) is 0 Å². The Morgan fingerprint density at radius 3 is 2.14 bits per heavy atom. The van der Waals surface area contributed by atoms with Gasteiger partial charge in [0.15, 0.2) is 12.6 Å². The van der Waals surface area contributed by atoms with Crippen LogP contribution in [0.4, 0.5) is 0 Å². The first-order valence-electron chi connectivity index (χ1n) is 6.48. The molecule has 2 heterocycles. The maximum Gasteiger partial charge on any atom is 0.187 e. The van der Waals surface area contributed by atoms with Crippen LogP contribution in [0.5, 0.6) is 0 Å². The predicted octanol–water partition coefficient (Wildman–Crippen LogP) is -4.76. The number of aliphatic hydroxyl groups excluding tert-OH is 7. The Bertz CT molecular complexity index is 339. The van der Waals surface area contributed by atoms with Gasteiger partial charge >= 0.3 is 0 Å². The highest BCUT2D eigenvalue weighted by molar-refractivity contribution is 4.91. The number of hydrogen-bond acceptors (Lipinski definition) is 10. The van der Waals surface area contributed by atoms with E-state index in [9.17, 15) is 30.6 Å². The van der Waals surface area contributed by atoms with E-state index in [1.807, 2.05) is 0 Å². The lowest BCUT2D eigenvalue weighted by molar-refractivity contribution is -0.340. The second kappa shape index (κ2) is 6.79. The van der Waals surface area contributed by atoms with Crippen LogP contribution in [0.25, 0.3) is 0 Å². The molecule has 7 N–H and O–H groups in total. The number of hydrogen-bond donors (Lipinski definition) is 7. The van der Waals surface area contributed by atoms with Gasteiger partial charge in [0.05, 0.1) is 13.2 Å². The van der Waals surface area contributed by atoms with Crippen molar-refractivity contribution in [2.24, 2.45) is 0 Å². The number of ether oxygens (including phenoxy) is 3. The highest BCUT2D eigenvalue weighted by Crippen LogP contribution is 2.25. The molecule has 2 fully saturated rings. The van der Waals surface area contributed by atoms with E-state index < -0.39 is 61.9 Å². The van der Waals surface area contributed by atoms with Crippen LogP contribution < -0.4 is 0 Å². The van der Waals surface area contributed by atoms with Crippen molar-refractivity contribution in [3.63, 3.8) is 0 Å². The fraction of sp³-hybridized carbons (Fsp3) is 1.00. The molecule has 21 heavy (non-hydrogen) atoms. The molecule has 10 heteroatoms. The molecule has 0 bridgehead atoms. The molecule has 10 nitrogen and oxygen atoms in total. The first-order valence-corrected chi connectivity index (χ1v) is 6.48. The normalized spacial score (nSPS) is 51.9. The molecule has 0 aromatic heterocycles. The molecule has 0 aromatic rings. The smallest absolute Gasteiger partial charge is 0.187 e. The minimum Gasteiger partial charge on any atom is -0.394 e. The second-order valence-electron chi connectivity index (χ2n) is 5.08. The molecular formula is C11H20O10. The zero-order chi connectivity index (χ0) is 15.7. The summed E-state index contributed by atoms with van der Waals surface area (Å²) in [6.07, 6.45) is -13.2. The summed E-state index contributed by atoms with van der Waals surface area (Å²) in [5.74, 6) is 0. The third-order valence-electron chi connectivity index (χ3n) is 3.61. The lowest BCUT2D eigenvalue weighted by Crippen LogP contribution is -2.62. The van der Waals surface area contributed by atoms with E-state index in [1.54, 1.807) is 0 Å². The van der Waals surface area contributed by atoms with Crippen molar-refractivity contribution in [2.75, 3.05) is 13.2 Å². The van der Waals surface area contributed by atoms with Crippen LogP contribution >= 0.6 is 0 Å². The highest BCUT2D eigenvalue weighted by atomic mass is 16.7. The first kappa shape index (κ1) is 17.0. The quantitative estimate of drug-likeness (QED) is 0.268. The Hall–Kier alpha value is -0.400. The average molecular weight is 312 g/mol. The van der Waals surface area contributed by atoms with Crippen LogP contribution in [-0.4, -0.2) is 104 Å². The van der Waals surface area contributed by atoms with Gasteiger partial charge < -0.3 is 50.0 Å². The Labute approximate surface area is 119 Å². The molecule has 0 radical (unpaired) electrons. The summed E-state index contributed by atoms with van der Waals surface area (Å²) in [5.41, 5.74) is 0. The average Bonchev–Trinajstić information content (AvgIpc) is 2.48. The molecule has 0 aromatic carbocycles. The monoisotopic (exact) mass is 312 g/mol. The van der Waals surface area contributed by atoms with Crippen molar-refractivity contribution in [1.82, 2.24) is 0 Å². The van der Waals surface area contributed by atoms with Crippen molar-refractivity contribution in [2.45, 2.75) is 55.3 Å². The van der Waals surface area contributed by atoms with Gasteiger partial charge in [-0.2, -0.15) is 0 Å². The highest BCUT2D eigenvalue weighted by Gasteiger charge is 2.47. The Kier molecular flexibility index (Phi) is 5.48. The number of rotatable bonds is 3. The molecule has 2 rings (SSSR count). The third kappa shape index (κ3) is 3.35. The van der Waals surface area contributed by atoms with Crippen LogP contribution in [0.15, 0.2) is 0 Å². The van der Waals surface area contributed by atoms with Crippen LogP contribution in [-0.2, 0) is 14.2 Å². The number of aliphatic hydroxyl groups is 7. The van der Waals surface area contributed by atoms with Gasteiger partial charge in [0.25, 0.3) is 0 Å². The largest absolute Gasteiger partial charge is 0.394 e. The lowest BCUT2D eigenvalue weighted by atomic mass is 9.99. The minimum absolute atomic E-state index is 0.283. The van der Waals surface area contributed by atoms with E-state index in [1.165, 1.54) is 0 Å². The van der Waals surface area contributed by atoms with E-state index in [4.69, 9.17) is 19.3 Å². The zero-order valence-corrected chi connectivity index (χ0v) is 11.0. The van der Waals surface area contributed by atoms with Gasteiger partial charge in [-0.15, -0.1) is 0 Å². The van der Waals surface area contributed by atoms with E-state index in [0.29, 0.717) is 0 Å².